The first kappa shape index (κ1) is 23.2. The third-order valence-electron chi connectivity index (χ3n) is 7.28. The van der Waals surface area contributed by atoms with Gasteiger partial charge in [0.1, 0.15) is 5.65 Å². The van der Waals surface area contributed by atoms with Gasteiger partial charge < -0.3 is 15.7 Å². The predicted molar refractivity (Wildman–Crippen MR) is 136 cm³/mol. The normalized spacial score (nSPS) is 21.8. The number of benzene rings is 1. The van der Waals surface area contributed by atoms with Gasteiger partial charge in [-0.25, -0.2) is 4.98 Å². The summed E-state index contributed by atoms with van der Waals surface area (Å²) in [4.78, 5) is 25.8. The van der Waals surface area contributed by atoms with Gasteiger partial charge in [-0.3, -0.25) is 14.3 Å². The van der Waals surface area contributed by atoms with Gasteiger partial charge in [0, 0.05) is 62.3 Å². The molecule has 1 aliphatic heterocycles. The molecule has 182 valence electrons. The van der Waals surface area contributed by atoms with Crippen LogP contribution in [0, 0.1) is 0 Å². The van der Waals surface area contributed by atoms with Crippen molar-refractivity contribution < 1.29 is 5.11 Å². The van der Waals surface area contributed by atoms with E-state index in [9.17, 15) is 9.90 Å². The Hall–Kier alpha value is -2.55. The van der Waals surface area contributed by atoms with Crippen molar-refractivity contribution in [2.45, 2.75) is 64.1 Å². The van der Waals surface area contributed by atoms with E-state index in [4.69, 9.17) is 4.98 Å². The number of nitrogens with one attached hydrogen (secondary N) is 2. The number of hydrogen-bond donors (Lipinski definition) is 3. The molecule has 8 nitrogen and oxygen atoms in total. The molecule has 5 rings (SSSR count). The third-order valence-corrected chi connectivity index (χ3v) is 7.28. The molecule has 0 amide bonds. The molecular formula is C26H36N6O2. The van der Waals surface area contributed by atoms with E-state index < -0.39 is 0 Å². The highest BCUT2D eigenvalue weighted by Gasteiger charge is 2.25. The molecule has 2 fully saturated rings. The fourth-order valence-electron chi connectivity index (χ4n) is 5.32. The smallest absolute Gasteiger partial charge is 0.260 e. The predicted octanol–water partition coefficient (Wildman–Crippen LogP) is 3.04. The topological polar surface area (TPSA) is 95.3 Å². The number of anilines is 1. The summed E-state index contributed by atoms with van der Waals surface area (Å²) in [5, 5.41) is 19.3. The standard InChI is InChI=1S/C26H36N6O2/c1-2-3-10-28-26-29-16-23-21-9-4-18(17-31-13-11-27-12-14-31)15-22(21)25(34)32(24(23)30-26)19-5-7-20(33)8-6-19/h4,9,15-16,19-20,27,33H,2-3,5-8,10-14,17H2,1H3,(H,28,29,30)/t19-,20-. The molecule has 8 heteroatoms. The van der Waals surface area contributed by atoms with E-state index in [1.165, 1.54) is 0 Å². The zero-order chi connectivity index (χ0) is 23.5. The highest BCUT2D eigenvalue weighted by atomic mass is 16.3. The number of nitrogens with zero attached hydrogens (tertiary/aromatic N) is 4. The van der Waals surface area contributed by atoms with Gasteiger partial charge in [-0.1, -0.05) is 25.5 Å². The number of piperazine rings is 1. The zero-order valence-corrected chi connectivity index (χ0v) is 20.1. The van der Waals surface area contributed by atoms with E-state index in [-0.39, 0.29) is 17.7 Å². The number of aliphatic hydroxyl groups excluding tert-OH is 1. The fourth-order valence-corrected chi connectivity index (χ4v) is 5.32. The fraction of sp³-hybridized carbons (Fsp3) is 0.577. The van der Waals surface area contributed by atoms with Crippen molar-refractivity contribution in [1.82, 2.24) is 24.8 Å². The molecule has 2 aromatic heterocycles. The number of unbranched alkanes of at least 4 members (excludes halogenated alkanes) is 1. The van der Waals surface area contributed by atoms with Gasteiger partial charge in [0.25, 0.3) is 5.56 Å². The van der Waals surface area contributed by atoms with Crippen molar-refractivity contribution in [2.75, 3.05) is 38.0 Å². The first-order valence-corrected chi connectivity index (χ1v) is 12.8. The Morgan fingerprint density at radius 3 is 2.68 bits per heavy atom. The van der Waals surface area contributed by atoms with Crippen LogP contribution in [0.2, 0.25) is 0 Å². The lowest BCUT2D eigenvalue weighted by molar-refractivity contribution is 0.111. The van der Waals surface area contributed by atoms with E-state index in [0.717, 1.165) is 86.7 Å². The maximum Gasteiger partial charge on any atom is 0.260 e. The zero-order valence-electron chi connectivity index (χ0n) is 20.1. The molecule has 3 aromatic rings. The summed E-state index contributed by atoms with van der Waals surface area (Å²) in [6.45, 7) is 7.86. The lowest BCUT2D eigenvalue weighted by Gasteiger charge is -2.29. The Labute approximate surface area is 200 Å². The van der Waals surface area contributed by atoms with E-state index in [1.54, 1.807) is 0 Å². The number of pyridine rings is 1. The summed E-state index contributed by atoms with van der Waals surface area (Å²) in [7, 11) is 0. The lowest BCUT2D eigenvalue weighted by atomic mass is 9.92. The summed E-state index contributed by atoms with van der Waals surface area (Å²) < 4.78 is 1.89. The second-order valence-electron chi connectivity index (χ2n) is 9.75. The summed E-state index contributed by atoms with van der Waals surface area (Å²) in [5.41, 5.74) is 1.88. The van der Waals surface area contributed by atoms with Crippen LogP contribution < -0.4 is 16.2 Å². The largest absolute Gasteiger partial charge is 0.393 e. The molecule has 0 unspecified atom stereocenters. The van der Waals surface area contributed by atoms with Crippen molar-refractivity contribution in [2.24, 2.45) is 0 Å². The van der Waals surface area contributed by atoms with Gasteiger partial charge in [-0.2, -0.15) is 4.98 Å². The molecule has 0 spiro atoms. The second kappa shape index (κ2) is 10.4. The summed E-state index contributed by atoms with van der Waals surface area (Å²) in [6.07, 6.45) is 6.72. The molecule has 1 aliphatic carbocycles. The first-order chi connectivity index (χ1) is 16.6. The highest BCUT2D eigenvalue weighted by Crippen LogP contribution is 2.32. The maximum absolute atomic E-state index is 13.9. The number of fused-ring (bicyclic) bond motifs is 3. The Morgan fingerprint density at radius 2 is 1.91 bits per heavy atom. The summed E-state index contributed by atoms with van der Waals surface area (Å²) >= 11 is 0. The van der Waals surface area contributed by atoms with Gasteiger partial charge in [0.15, 0.2) is 0 Å². The summed E-state index contributed by atoms with van der Waals surface area (Å²) in [5.74, 6) is 0.569. The van der Waals surface area contributed by atoms with Gasteiger partial charge in [-0.15, -0.1) is 0 Å². The molecule has 0 atom stereocenters. The Bertz CT molecular complexity index is 1200. The molecule has 0 radical (unpaired) electrons. The van der Waals surface area contributed by atoms with Crippen molar-refractivity contribution >= 4 is 27.8 Å². The molecule has 3 N–H and O–H groups in total. The van der Waals surface area contributed by atoms with Crippen molar-refractivity contribution in [3.8, 4) is 0 Å². The minimum atomic E-state index is -0.273. The van der Waals surface area contributed by atoms with Crippen LogP contribution in [-0.4, -0.2) is 63.4 Å². The highest BCUT2D eigenvalue weighted by molar-refractivity contribution is 6.04. The summed E-state index contributed by atoms with van der Waals surface area (Å²) in [6, 6.07) is 6.32. The van der Waals surface area contributed by atoms with E-state index in [1.807, 2.05) is 10.8 Å². The molecule has 0 bridgehead atoms. The molecule has 34 heavy (non-hydrogen) atoms. The van der Waals surface area contributed by atoms with Crippen LogP contribution in [0.4, 0.5) is 5.95 Å². The van der Waals surface area contributed by atoms with Crippen molar-refractivity contribution in [3.05, 3.63) is 40.3 Å². The minimum absolute atomic E-state index is 0.0178. The second-order valence-corrected chi connectivity index (χ2v) is 9.75. The molecule has 1 saturated heterocycles. The molecule has 2 aliphatic rings. The van der Waals surface area contributed by atoms with Crippen LogP contribution in [-0.2, 0) is 6.54 Å². The third kappa shape index (κ3) is 4.80. The Kier molecular flexibility index (Phi) is 7.08. The molecule has 1 aromatic carbocycles. The van der Waals surface area contributed by atoms with Crippen molar-refractivity contribution in [3.63, 3.8) is 0 Å². The average molecular weight is 465 g/mol. The average Bonchev–Trinajstić information content (AvgIpc) is 2.86. The lowest BCUT2D eigenvalue weighted by Crippen LogP contribution is -2.42. The van der Waals surface area contributed by atoms with Crippen LogP contribution in [0.5, 0.6) is 0 Å². The van der Waals surface area contributed by atoms with Crippen LogP contribution in [0.1, 0.15) is 57.1 Å². The maximum atomic E-state index is 13.9. The van der Waals surface area contributed by atoms with Crippen molar-refractivity contribution in [1.29, 1.82) is 0 Å². The number of aromatic nitrogens is 3. The van der Waals surface area contributed by atoms with Crippen LogP contribution in [0.15, 0.2) is 29.2 Å². The van der Waals surface area contributed by atoms with E-state index in [0.29, 0.717) is 24.4 Å². The SMILES string of the molecule is CCCCNc1ncc2c3ccc(CN4CCNCC4)cc3c(=O)n([C@H]3CC[C@H](O)CC3)c2n1. The van der Waals surface area contributed by atoms with Gasteiger partial charge in [0.2, 0.25) is 5.95 Å². The molecule has 1 saturated carbocycles. The Balaban J connectivity index is 1.60. The van der Waals surface area contributed by atoms with Crippen LogP contribution in [0.25, 0.3) is 21.8 Å². The number of aliphatic hydroxyl groups is 1. The van der Waals surface area contributed by atoms with E-state index >= 15 is 0 Å². The molecule has 3 heterocycles. The van der Waals surface area contributed by atoms with E-state index in [2.05, 4.69) is 45.6 Å². The van der Waals surface area contributed by atoms with Crippen LogP contribution >= 0.6 is 0 Å². The number of rotatable bonds is 7. The minimum Gasteiger partial charge on any atom is -0.393 e. The first-order valence-electron chi connectivity index (χ1n) is 12.8. The molecular weight excluding hydrogens is 428 g/mol. The quantitative estimate of drug-likeness (QED) is 0.365. The Morgan fingerprint density at radius 1 is 1.12 bits per heavy atom. The number of hydrogen-bond acceptors (Lipinski definition) is 7. The monoisotopic (exact) mass is 464 g/mol. The van der Waals surface area contributed by atoms with Gasteiger partial charge >= 0.3 is 0 Å². The van der Waals surface area contributed by atoms with Gasteiger partial charge in [0.05, 0.1) is 6.10 Å². The van der Waals surface area contributed by atoms with Gasteiger partial charge in [-0.05, 0) is 49.1 Å². The van der Waals surface area contributed by atoms with Crippen LogP contribution in [0.3, 0.4) is 0 Å².